The van der Waals surface area contributed by atoms with E-state index >= 15 is 0 Å². The van der Waals surface area contributed by atoms with Crippen molar-refractivity contribution >= 4 is 10.9 Å². The van der Waals surface area contributed by atoms with Crippen LogP contribution in [-0.2, 0) is 0 Å². The zero-order valence-corrected chi connectivity index (χ0v) is 13.5. The third-order valence-corrected chi connectivity index (χ3v) is 3.91. The molecule has 0 saturated heterocycles. The van der Waals surface area contributed by atoms with Gasteiger partial charge in [-0.2, -0.15) is 0 Å². The largest absolute Gasteiger partial charge is 0.321 e. The molecule has 0 radical (unpaired) electrons. The predicted molar refractivity (Wildman–Crippen MR) is 89.1 cm³/mol. The van der Waals surface area contributed by atoms with Crippen molar-refractivity contribution in [1.82, 2.24) is 9.55 Å². The van der Waals surface area contributed by atoms with Crippen LogP contribution in [0.2, 0.25) is 0 Å². The highest BCUT2D eigenvalue weighted by atomic mass is 19.1. The highest BCUT2D eigenvalue weighted by Crippen LogP contribution is 2.22. The highest BCUT2D eigenvalue weighted by Gasteiger charge is 2.20. The molecule has 0 saturated carbocycles. The van der Waals surface area contributed by atoms with Gasteiger partial charge in [-0.05, 0) is 30.7 Å². The van der Waals surface area contributed by atoms with Crippen LogP contribution < -0.4 is 11.3 Å². The number of hydrogen-bond acceptors (Lipinski definition) is 3. The number of fused-ring (bicyclic) bond motifs is 1. The Morgan fingerprint density at radius 3 is 2.48 bits per heavy atom. The average molecular weight is 347 g/mol. The molecule has 0 bridgehead atoms. The van der Waals surface area contributed by atoms with Gasteiger partial charge >= 0.3 is 0 Å². The fraction of sp³-hybridized carbons (Fsp3) is 0.222. The summed E-state index contributed by atoms with van der Waals surface area (Å²) < 4.78 is 42.4. The molecule has 0 spiro atoms. The summed E-state index contributed by atoms with van der Waals surface area (Å²) in [6.45, 7) is 1.91. The standard InChI is InChI=1S/C18H16F3N3O/c1-2-4-14(22)17-23-15-6-3-5-13(21)16(15)18(25)24(17)12-8-10(19)7-11(20)9-12/h3,5-9,14H,2,4,22H2,1H3/t14-/m0/s1. The molecule has 1 aromatic heterocycles. The second-order valence-electron chi connectivity index (χ2n) is 5.77. The van der Waals surface area contributed by atoms with E-state index < -0.39 is 29.1 Å². The van der Waals surface area contributed by atoms with Crippen molar-refractivity contribution in [2.75, 3.05) is 0 Å². The van der Waals surface area contributed by atoms with Gasteiger partial charge in [-0.15, -0.1) is 0 Å². The van der Waals surface area contributed by atoms with E-state index in [9.17, 15) is 18.0 Å². The maximum Gasteiger partial charge on any atom is 0.269 e. The van der Waals surface area contributed by atoms with E-state index in [1.165, 1.54) is 12.1 Å². The van der Waals surface area contributed by atoms with Crippen LogP contribution in [0.4, 0.5) is 13.2 Å². The Kier molecular flexibility index (Phi) is 4.59. The summed E-state index contributed by atoms with van der Waals surface area (Å²) in [5, 5.41) is -0.250. The molecule has 3 rings (SSSR count). The lowest BCUT2D eigenvalue weighted by Gasteiger charge is -2.18. The molecular weight excluding hydrogens is 331 g/mol. The Labute approximate surface area is 141 Å². The zero-order chi connectivity index (χ0) is 18.1. The SMILES string of the molecule is CCC[C@H](N)c1nc2cccc(F)c2c(=O)n1-c1cc(F)cc(F)c1. The fourth-order valence-corrected chi connectivity index (χ4v) is 2.81. The summed E-state index contributed by atoms with van der Waals surface area (Å²) in [6, 6.07) is 6.09. The molecule has 0 aliphatic rings. The molecule has 0 aliphatic carbocycles. The Morgan fingerprint density at radius 1 is 1.16 bits per heavy atom. The zero-order valence-electron chi connectivity index (χ0n) is 13.5. The minimum absolute atomic E-state index is 0.0818. The second kappa shape index (κ2) is 6.68. The van der Waals surface area contributed by atoms with Crippen molar-refractivity contribution in [3.63, 3.8) is 0 Å². The molecule has 3 aromatic rings. The van der Waals surface area contributed by atoms with Gasteiger partial charge in [0.05, 0.1) is 17.2 Å². The monoisotopic (exact) mass is 347 g/mol. The molecule has 2 aromatic carbocycles. The van der Waals surface area contributed by atoms with Gasteiger partial charge in [0, 0.05) is 6.07 Å². The summed E-state index contributed by atoms with van der Waals surface area (Å²) in [7, 11) is 0. The summed E-state index contributed by atoms with van der Waals surface area (Å²) in [4.78, 5) is 17.2. The number of hydrogen-bond donors (Lipinski definition) is 1. The number of nitrogens with two attached hydrogens (primary N) is 1. The van der Waals surface area contributed by atoms with E-state index in [1.54, 1.807) is 0 Å². The van der Waals surface area contributed by atoms with Crippen molar-refractivity contribution in [1.29, 1.82) is 0 Å². The summed E-state index contributed by atoms with van der Waals surface area (Å²) in [6.07, 6.45) is 1.22. The molecule has 1 atom stereocenters. The summed E-state index contributed by atoms with van der Waals surface area (Å²) in [5.74, 6) is -2.33. The van der Waals surface area contributed by atoms with Gasteiger partial charge in [-0.25, -0.2) is 18.2 Å². The number of nitrogens with zero attached hydrogens (tertiary/aromatic N) is 2. The molecule has 25 heavy (non-hydrogen) atoms. The van der Waals surface area contributed by atoms with Crippen LogP contribution in [0.1, 0.15) is 31.6 Å². The topological polar surface area (TPSA) is 60.9 Å². The molecule has 130 valence electrons. The second-order valence-corrected chi connectivity index (χ2v) is 5.77. The van der Waals surface area contributed by atoms with Crippen LogP contribution >= 0.6 is 0 Å². The lowest BCUT2D eigenvalue weighted by molar-refractivity contribution is 0.567. The molecule has 0 aliphatic heterocycles. The number of halogens is 3. The Hall–Kier alpha value is -2.67. The van der Waals surface area contributed by atoms with Crippen molar-refractivity contribution in [2.24, 2.45) is 5.73 Å². The fourth-order valence-electron chi connectivity index (χ4n) is 2.81. The maximum absolute atomic E-state index is 14.1. The molecule has 1 heterocycles. The van der Waals surface area contributed by atoms with Crippen LogP contribution in [0.3, 0.4) is 0 Å². The van der Waals surface area contributed by atoms with E-state index in [4.69, 9.17) is 5.73 Å². The Morgan fingerprint density at radius 2 is 1.84 bits per heavy atom. The van der Waals surface area contributed by atoms with Gasteiger partial charge in [0.2, 0.25) is 0 Å². The third kappa shape index (κ3) is 3.15. The minimum atomic E-state index is -0.856. The van der Waals surface area contributed by atoms with Crippen LogP contribution in [0.25, 0.3) is 16.6 Å². The molecular formula is C18H16F3N3O. The summed E-state index contributed by atoms with van der Waals surface area (Å²) in [5.41, 5.74) is 5.43. The number of benzene rings is 2. The van der Waals surface area contributed by atoms with Crippen molar-refractivity contribution in [3.05, 3.63) is 70.0 Å². The minimum Gasteiger partial charge on any atom is -0.321 e. The lowest BCUT2D eigenvalue weighted by Crippen LogP contribution is -2.29. The molecule has 7 heteroatoms. The van der Waals surface area contributed by atoms with Gasteiger partial charge in [-0.1, -0.05) is 19.4 Å². The number of rotatable bonds is 4. The van der Waals surface area contributed by atoms with Crippen molar-refractivity contribution in [2.45, 2.75) is 25.8 Å². The van der Waals surface area contributed by atoms with Gasteiger partial charge in [0.15, 0.2) is 0 Å². The van der Waals surface area contributed by atoms with E-state index in [0.717, 1.165) is 29.2 Å². The number of aromatic nitrogens is 2. The Balaban J connectivity index is 2.41. The quantitative estimate of drug-likeness (QED) is 0.784. The van der Waals surface area contributed by atoms with Gasteiger partial charge < -0.3 is 5.73 Å². The van der Waals surface area contributed by atoms with Crippen LogP contribution in [0.15, 0.2) is 41.2 Å². The van der Waals surface area contributed by atoms with Gasteiger partial charge in [0.1, 0.15) is 28.7 Å². The highest BCUT2D eigenvalue weighted by molar-refractivity contribution is 5.78. The first-order valence-electron chi connectivity index (χ1n) is 7.85. The lowest BCUT2D eigenvalue weighted by atomic mass is 10.1. The smallest absolute Gasteiger partial charge is 0.269 e. The maximum atomic E-state index is 14.1. The molecule has 0 amide bonds. The van der Waals surface area contributed by atoms with Crippen LogP contribution in [-0.4, -0.2) is 9.55 Å². The van der Waals surface area contributed by atoms with Crippen molar-refractivity contribution in [3.8, 4) is 5.69 Å². The third-order valence-electron chi connectivity index (χ3n) is 3.91. The van der Waals surface area contributed by atoms with E-state index in [0.29, 0.717) is 12.5 Å². The van der Waals surface area contributed by atoms with Gasteiger partial charge in [0.25, 0.3) is 5.56 Å². The normalized spacial score (nSPS) is 12.5. The van der Waals surface area contributed by atoms with E-state index in [1.807, 2.05) is 6.92 Å². The first-order chi connectivity index (χ1) is 11.9. The predicted octanol–water partition coefficient (Wildman–Crippen LogP) is 3.60. The van der Waals surface area contributed by atoms with Gasteiger partial charge in [-0.3, -0.25) is 9.36 Å². The molecule has 2 N–H and O–H groups in total. The van der Waals surface area contributed by atoms with E-state index in [2.05, 4.69) is 4.98 Å². The molecule has 0 fully saturated rings. The molecule has 4 nitrogen and oxygen atoms in total. The summed E-state index contributed by atoms with van der Waals surface area (Å²) >= 11 is 0. The first kappa shape index (κ1) is 17.2. The van der Waals surface area contributed by atoms with Crippen LogP contribution in [0, 0.1) is 17.5 Å². The van der Waals surface area contributed by atoms with E-state index in [-0.39, 0.29) is 22.4 Å². The van der Waals surface area contributed by atoms with Crippen molar-refractivity contribution < 1.29 is 13.2 Å². The van der Waals surface area contributed by atoms with Crippen LogP contribution in [0.5, 0.6) is 0 Å². The average Bonchev–Trinajstić information content (AvgIpc) is 2.53. The Bertz CT molecular complexity index is 981. The first-order valence-corrected chi connectivity index (χ1v) is 7.85. The molecule has 0 unspecified atom stereocenters.